The Morgan fingerprint density at radius 3 is 2.38 bits per heavy atom. The van der Waals surface area contributed by atoms with Crippen LogP contribution in [0, 0.1) is 0 Å². The molecule has 1 heterocycles. The van der Waals surface area contributed by atoms with Gasteiger partial charge in [-0.2, -0.15) is 0 Å². The van der Waals surface area contributed by atoms with Gasteiger partial charge in [-0.3, -0.25) is 0 Å². The molecule has 4 heteroatoms. The highest BCUT2D eigenvalue weighted by molar-refractivity contribution is 7.97. The van der Waals surface area contributed by atoms with Crippen LogP contribution in [0.1, 0.15) is 43.2 Å². The van der Waals surface area contributed by atoms with Crippen molar-refractivity contribution in [3.63, 3.8) is 0 Å². The maximum absolute atomic E-state index is 12.4. The standard InChI is InChI=1S/C22H24N2OS/c1-22(2,3)20-12-8-7-11-18(20)16-26-24-19(13-14-23-21(24)25)15-17-9-5-4-6-10-17/h4-14H,15-16H2,1-3H3. The van der Waals surface area contributed by atoms with Crippen LogP contribution in [0.2, 0.25) is 0 Å². The summed E-state index contributed by atoms with van der Waals surface area (Å²) in [5, 5.41) is 0. The van der Waals surface area contributed by atoms with Crippen LogP contribution in [0.15, 0.2) is 71.7 Å². The van der Waals surface area contributed by atoms with E-state index in [4.69, 9.17) is 0 Å². The van der Waals surface area contributed by atoms with Crippen molar-refractivity contribution in [3.8, 4) is 0 Å². The third kappa shape index (κ3) is 4.44. The zero-order valence-corrected chi connectivity index (χ0v) is 16.3. The maximum atomic E-state index is 12.4. The third-order valence-corrected chi connectivity index (χ3v) is 5.38. The lowest BCUT2D eigenvalue weighted by atomic mass is 9.84. The summed E-state index contributed by atoms with van der Waals surface area (Å²) in [6, 6.07) is 20.6. The molecule has 0 bridgehead atoms. The zero-order valence-electron chi connectivity index (χ0n) is 15.5. The monoisotopic (exact) mass is 364 g/mol. The quantitative estimate of drug-likeness (QED) is 0.650. The molecule has 0 fully saturated rings. The minimum atomic E-state index is -0.211. The summed E-state index contributed by atoms with van der Waals surface area (Å²) in [6.07, 6.45) is 2.31. The van der Waals surface area contributed by atoms with Gasteiger partial charge in [-0.1, -0.05) is 75.4 Å². The lowest BCUT2D eigenvalue weighted by molar-refractivity contribution is 0.585. The Labute approximate surface area is 159 Å². The third-order valence-electron chi connectivity index (χ3n) is 4.29. The summed E-state index contributed by atoms with van der Waals surface area (Å²) >= 11 is 1.52. The van der Waals surface area contributed by atoms with E-state index in [1.165, 1.54) is 28.6 Å². The van der Waals surface area contributed by atoms with Crippen LogP contribution >= 0.6 is 11.9 Å². The number of rotatable bonds is 5. The van der Waals surface area contributed by atoms with Crippen molar-refractivity contribution in [1.29, 1.82) is 0 Å². The highest BCUT2D eigenvalue weighted by Gasteiger charge is 2.17. The van der Waals surface area contributed by atoms with Gasteiger partial charge in [0, 0.05) is 24.1 Å². The zero-order chi connectivity index (χ0) is 18.6. The molecule has 0 unspecified atom stereocenters. The smallest absolute Gasteiger partial charge is 0.245 e. The fraction of sp³-hybridized carbons (Fsp3) is 0.273. The van der Waals surface area contributed by atoms with Gasteiger partial charge in [-0.25, -0.2) is 13.8 Å². The Morgan fingerprint density at radius 2 is 1.65 bits per heavy atom. The average Bonchev–Trinajstić information content (AvgIpc) is 2.62. The molecule has 0 amide bonds. The van der Waals surface area contributed by atoms with E-state index in [1.54, 1.807) is 10.2 Å². The molecule has 0 N–H and O–H groups in total. The van der Waals surface area contributed by atoms with Gasteiger partial charge in [-0.05, 0) is 40.1 Å². The largest absolute Gasteiger partial charge is 0.357 e. The molecule has 0 atom stereocenters. The molecule has 26 heavy (non-hydrogen) atoms. The van der Waals surface area contributed by atoms with Gasteiger partial charge in [0.1, 0.15) is 0 Å². The topological polar surface area (TPSA) is 34.9 Å². The first kappa shape index (κ1) is 18.5. The van der Waals surface area contributed by atoms with Gasteiger partial charge in [-0.15, -0.1) is 0 Å². The van der Waals surface area contributed by atoms with Crippen molar-refractivity contribution >= 4 is 11.9 Å². The summed E-state index contributed by atoms with van der Waals surface area (Å²) in [7, 11) is 0. The second-order valence-corrected chi connectivity index (χ2v) is 8.27. The fourth-order valence-electron chi connectivity index (χ4n) is 3.02. The summed E-state index contributed by atoms with van der Waals surface area (Å²) in [5.74, 6) is 0.737. The maximum Gasteiger partial charge on any atom is 0.357 e. The molecule has 2 aromatic carbocycles. The van der Waals surface area contributed by atoms with Crippen molar-refractivity contribution in [2.75, 3.05) is 0 Å². The van der Waals surface area contributed by atoms with Gasteiger partial charge < -0.3 is 0 Å². The van der Waals surface area contributed by atoms with Crippen molar-refractivity contribution in [3.05, 3.63) is 99.7 Å². The van der Waals surface area contributed by atoms with Crippen LogP contribution < -0.4 is 5.69 Å². The van der Waals surface area contributed by atoms with Crippen LogP contribution in [0.3, 0.4) is 0 Å². The van der Waals surface area contributed by atoms with Crippen LogP contribution in [0.25, 0.3) is 0 Å². The Morgan fingerprint density at radius 1 is 0.962 bits per heavy atom. The summed E-state index contributed by atoms with van der Waals surface area (Å²) in [6.45, 7) is 6.65. The number of hydrogen-bond acceptors (Lipinski definition) is 3. The molecule has 0 aliphatic carbocycles. The first-order valence-electron chi connectivity index (χ1n) is 8.78. The van der Waals surface area contributed by atoms with Gasteiger partial charge in [0.25, 0.3) is 0 Å². The number of benzene rings is 2. The molecular weight excluding hydrogens is 340 g/mol. The molecule has 0 saturated carbocycles. The highest BCUT2D eigenvalue weighted by Crippen LogP contribution is 2.28. The summed E-state index contributed by atoms with van der Waals surface area (Å²) in [4.78, 5) is 16.3. The van der Waals surface area contributed by atoms with Crippen molar-refractivity contribution in [2.24, 2.45) is 0 Å². The van der Waals surface area contributed by atoms with E-state index < -0.39 is 0 Å². The number of hydrogen-bond donors (Lipinski definition) is 0. The molecule has 3 nitrogen and oxygen atoms in total. The molecule has 3 rings (SSSR count). The highest BCUT2D eigenvalue weighted by atomic mass is 32.2. The predicted molar refractivity (Wildman–Crippen MR) is 110 cm³/mol. The van der Waals surface area contributed by atoms with Gasteiger partial charge in [0.15, 0.2) is 0 Å². The van der Waals surface area contributed by atoms with E-state index in [-0.39, 0.29) is 11.1 Å². The van der Waals surface area contributed by atoms with Gasteiger partial charge in [0.05, 0.1) is 0 Å². The van der Waals surface area contributed by atoms with Crippen LogP contribution in [0.5, 0.6) is 0 Å². The molecule has 0 aliphatic rings. The first-order chi connectivity index (χ1) is 12.4. The number of nitrogens with zero attached hydrogens (tertiary/aromatic N) is 2. The Balaban J connectivity index is 1.86. The molecule has 0 aliphatic heterocycles. The second kappa shape index (κ2) is 7.92. The van der Waals surface area contributed by atoms with Gasteiger partial charge >= 0.3 is 5.69 Å². The Kier molecular flexibility index (Phi) is 5.62. The minimum Gasteiger partial charge on any atom is -0.245 e. The molecular formula is C22H24N2OS. The van der Waals surface area contributed by atoms with Crippen LogP contribution in [-0.2, 0) is 17.6 Å². The van der Waals surface area contributed by atoms with E-state index in [2.05, 4.69) is 62.2 Å². The van der Waals surface area contributed by atoms with Crippen molar-refractivity contribution < 1.29 is 0 Å². The fourth-order valence-corrected chi connectivity index (χ4v) is 3.98. The first-order valence-corrected chi connectivity index (χ1v) is 9.72. The van der Waals surface area contributed by atoms with E-state index in [1.807, 2.05) is 24.3 Å². The molecule has 0 saturated heterocycles. The molecule has 0 radical (unpaired) electrons. The summed E-state index contributed by atoms with van der Waals surface area (Å²) < 4.78 is 1.73. The van der Waals surface area contributed by atoms with Crippen LogP contribution in [-0.4, -0.2) is 8.96 Å². The second-order valence-electron chi connectivity index (χ2n) is 7.36. The van der Waals surface area contributed by atoms with Crippen LogP contribution in [0.4, 0.5) is 0 Å². The summed E-state index contributed by atoms with van der Waals surface area (Å²) in [5.41, 5.74) is 4.58. The lowest BCUT2D eigenvalue weighted by Gasteiger charge is -2.23. The Hall–Kier alpha value is -2.33. The molecule has 1 aromatic heterocycles. The molecule has 0 spiro atoms. The Bertz CT molecular complexity index is 927. The van der Waals surface area contributed by atoms with E-state index in [0.29, 0.717) is 6.42 Å². The molecule has 134 valence electrons. The van der Waals surface area contributed by atoms with Gasteiger partial charge in [0.2, 0.25) is 0 Å². The van der Waals surface area contributed by atoms with E-state index in [9.17, 15) is 4.79 Å². The average molecular weight is 365 g/mol. The minimum absolute atomic E-state index is 0.0733. The molecule has 3 aromatic rings. The van der Waals surface area contributed by atoms with E-state index >= 15 is 0 Å². The lowest BCUT2D eigenvalue weighted by Crippen LogP contribution is -2.22. The number of aromatic nitrogens is 2. The van der Waals surface area contributed by atoms with Crippen molar-refractivity contribution in [1.82, 2.24) is 8.96 Å². The SMILES string of the molecule is CC(C)(C)c1ccccc1CSn1c(Cc2ccccc2)ccnc1=O. The normalized spacial score (nSPS) is 11.5. The van der Waals surface area contributed by atoms with E-state index in [0.717, 1.165) is 11.4 Å². The predicted octanol–water partition coefficient (Wildman–Crippen LogP) is 4.83. The van der Waals surface area contributed by atoms with Crippen molar-refractivity contribution in [2.45, 2.75) is 38.4 Å².